The second-order valence-electron chi connectivity index (χ2n) is 9.88. The standard InChI is InChI=1S/C27H38N2O3/c1-19(2)15-23-25(30)26(31)24(16-20(3)4)29(18-22-13-9-6-10-14-22)27(32)28(23)17-21-11-7-5-8-12-21/h5-14,19-20,23-26,30-31H,15-18H2,1-4H3/t23-,24-,25-,26+/m0/s1. The third-order valence-corrected chi connectivity index (χ3v) is 6.25. The van der Waals surface area contributed by atoms with E-state index in [0.29, 0.717) is 25.9 Å². The highest BCUT2D eigenvalue weighted by atomic mass is 16.3. The molecule has 32 heavy (non-hydrogen) atoms. The normalized spacial score (nSPS) is 24.3. The highest BCUT2D eigenvalue weighted by Gasteiger charge is 2.46. The number of hydrogen-bond acceptors (Lipinski definition) is 3. The number of nitrogens with zero attached hydrogens (tertiary/aromatic N) is 2. The lowest BCUT2D eigenvalue weighted by Gasteiger charge is -2.36. The third-order valence-electron chi connectivity index (χ3n) is 6.25. The molecular formula is C27H38N2O3. The van der Waals surface area contributed by atoms with Gasteiger partial charge in [-0.25, -0.2) is 4.79 Å². The maximum Gasteiger partial charge on any atom is 0.321 e. The van der Waals surface area contributed by atoms with Crippen LogP contribution in [0.5, 0.6) is 0 Å². The summed E-state index contributed by atoms with van der Waals surface area (Å²) in [6, 6.07) is 18.7. The number of carbonyl (C=O) groups is 1. The van der Waals surface area contributed by atoms with Gasteiger partial charge in [-0.3, -0.25) is 0 Å². The van der Waals surface area contributed by atoms with E-state index in [2.05, 4.69) is 27.7 Å². The minimum absolute atomic E-state index is 0.121. The van der Waals surface area contributed by atoms with Crippen molar-refractivity contribution < 1.29 is 15.0 Å². The van der Waals surface area contributed by atoms with Gasteiger partial charge in [-0.05, 0) is 35.8 Å². The molecule has 5 heteroatoms. The van der Waals surface area contributed by atoms with Crippen molar-refractivity contribution in [3.8, 4) is 0 Å². The second-order valence-corrected chi connectivity index (χ2v) is 9.88. The lowest BCUT2D eigenvalue weighted by molar-refractivity contribution is -0.0483. The summed E-state index contributed by atoms with van der Waals surface area (Å²) in [5.41, 5.74) is 2.02. The summed E-state index contributed by atoms with van der Waals surface area (Å²) in [7, 11) is 0. The maximum absolute atomic E-state index is 14.1. The molecule has 1 saturated heterocycles. The fourth-order valence-corrected chi connectivity index (χ4v) is 4.70. The Balaban J connectivity index is 2.04. The van der Waals surface area contributed by atoms with Crippen molar-refractivity contribution in [1.29, 1.82) is 0 Å². The number of aliphatic hydroxyl groups excluding tert-OH is 2. The molecule has 0 saturated carbocycles. The van der Waals surface area contributed by atoms with Crippen LogP contribution < -0.4 is 0 Å². The van der Waals surface area contributed by atoms with E-state index < -0.39 is 24.3 Å². The first kappa shape index (κ1) is 24.3. The van der Waals surface area contributed by atoms with Crippen LogP contribution in [-0.4, -0.2) is 50.3 Å². The summed E-state index contributed by atoms with van der Waals surface area (Å²) in [6.45, 7) is 9.15. The van der Waals surface area contributed by atoms with Gasteiger partial charge in [0.05, 0.1) is 12.1 Å². The van der Waals surface area contributed by atoms with Crippen molar-refractivity contribution in [3.05, 3.63) is 71.8 Å². The van der Waals surface area contributed by atoms with E-state index >= 15 is 0 Å². The zero-order valence-corrected chi connectivity index (χ0v) is 19.8. The largest absolute Gasteiger partial charge is 0.388 e. The first-order valence-corrected chi connectivity index (χ1v) is 11.8. The van der Waals surface area contributed by atoms with Crippen molar-refractivity contribution in [2.24, 2.45) is 11.8 Å². The second kappa shape index (κ2) is 11.0. The minimum atomic E-state index is -1.01. The summed E-state index contributed by atoms with van der Waals surface area (Å²) in [4.78, 5) is 17.6. The lowest BCUT2D eigenvalue weighted by atomic mass is 9.89. The number of rotatable bonds is 8. The number of hydrogen-bond donors (Lipinski definition) is 2. The maximum atomic E-state index is 14.1. The van der Waals surface area contributed by atoms with Crippen LogP contribution >= 0.6 is 0 Å². The Labute approximate surface area is 192 Å². The molecule has 1 aliphatic rings. The molecule has 0 radical (unpaired) electrons. The van der Waals surface area contributed by atoms with Crippen LogP contribution in [0.2, 0.25) is 0 Å². The van der Waals surface area contributed by atoms with E-state index in [0.717, 1.165) is 11.1 Å². The topological polar surface area (TPSA) is 64.0 Å². The fraction of sp³-hybridized carbons (Fsp3) is 0.519. The molecule has 0 unspecified atom stereocenters. The summed E-state index contributed by atoms with van der Waals surface area (Å²) >= 11 is 0. The van der Waals surface area contributed by atoms with E-state index in [-0.39, 0.29) is 17.9 Å². The van der Waals surface area contributed by atoms with Gasteiger partial charge >= 0.3 is 6.03 Å². The van der Waals surface area contributed by atoms with Crippen molar-refractivity contribution in [1.82, 2.24) is 9.80 Å². The first-order chi connectivity index (χ1) is 15.3. The Kier molecular flexibility index (Phi) is 8.32. The average molecular weight is 439 g/mol. The Hall–Kier alpha value is -2.37. The van der Waals surface area contributed by atoms with Crippen molar-refractivity contribution in [2.45, 2.75) is 77.9 Å². The quantitative estimate of drug-likeness (QED) is 0.629. The van der Waals surface area contributed by atoms with Gasteiger partial charge in [0.2, 0.25) is 0 Å². The molecule has 5 nitrogen and oxygen atoms in total. The van der Waals surface area contributed by atoms with Gasteiger partial charge in [-0.1, -0.05) is 88.4 Å². The van der Waals surface area contributed by atoms with Crippen LogP contribution in [-0.2, 0) is 13.1 Å². The van der Waals surface area contributed by atoms with Gasteiger partial charge in [-0.2, -0.15) is 0 Å². The Morgan fingerprint density at radius 1 is 0.688 bits per heavy atom. The lowest BCUT2D eigenvalue weighted by Crippen LogP contribution is -2.49. The highest BCUT2D eigenvalue weighted by Crippen LogP contribution is 2.31. The zero-order chi connectivity index (χ0) is 23.3. The van der Waals surface area contributed by atoms with E-state index in [1.807, 2.05) is 60.7 Å². The molecule has 2 aromatic rings. The average Bonchev–Trinajstić information content (AvgIpc) is 2.82. The molecule has 174 valence electrons. The molecule has 2 N–H and O–H groups in total. The van der Waals surface area contributed by atoms with Crippen LogP contribution in [0.25, 0.3) is 0 Å². The van der Waals surface area contributed by atoms with Gasteiger partial charge in [0.1, 0.15) is 12.2 Å². The monoisotopic (exact) mass is 438 g/mol. The molecule has 0 bridgehead atoms. The van der Waals surface area contributed by atoms with Crippen LogP contribution in [0.4, 0.5) is 4.79 Å². The molecule has 1 heterocycles. The summed E-state index contributed by atoms with van der Waals surface area (Å²) in [5.74, 6) is 0.550. The Bertz CT molecular complexity index is 771. The van der Waals surface area contributed by atoms with E-state index in [4.69, 9.17) is 0 Å². The van der Waals surface area contributed by atoms with E-state index in [1.54, 1.807) is 9.80 Å². The predicted octanol–water partition coefficient (Wildman–Crippen LogP) is 4.68. The zero-order valence-electron chi connectivity index (χ0n) is 19.8. The summed E-state index contributed by atoms with van der Waals surface area (Å²) in [6.07, 6.45) is -0.751. The van der Waals surface area contributed by atoms with Gasteiger partial charge in [0.25, 0.3) is 0 Å². The van der Waals surface area contributed by atoms with E-state index in [1.165, 1.54) is 0 Å². The molecule has 0 aliphatic carbocycles. The fourth-order valence-electron chi connectivity index (χ4n) is 4.70. The number of carbonyl (C=O) groups excluding carboxylic acids is 1. The SMILES string of the molecule is CC(C)C[C@H]1[C@H](O)[C@H](O)[C@H](CC(C)C)N(Cc2ccccc2)C(=O)N1Cc1ccccc1. The molecular weight excluding hydrogens is 400 g/mol. The smallest absolute Gasteiger partial charge is 0.321 e. The van der Waals surface area contributed by atoms with Crippen LogP contribution in [0.3, 0.4) is 0 Å². The van der Waals surface area contributed by atoms with E-state index in [9.17, 15) is 15.0 Å². The summed E-state index contributed by atoms with van der Waals surface area (Å²) < 4.78 is 0. The molecule has 1 aliphatic heterocycles. The highest BCUT2D eigenvalue weighted by molar-refractivity contribution is 5.76. The van der Waals surface area contributed by atoms with Gasteiger partial charge < -0.3 is 20.0 Å². The van der Waals surface area contributed by atoms with Gasteiger partial charge in [0, 0.05) is 13.1 Å². The van der Waals surface area contributed by atoms with Crippen molar-refractivity contribution >= 4 is 6.03 Å². The first-order valence-electron chi connectivity index (χ1n) is 11.8. The van der Waals surface area contributed by atoms with Crippen LogP contribution in [0, 0.1) is 11.8 Å². The summed E-state index contributed by atoms with van der Waals surface area (Å²) in [5, 5.41) is 22.7. The molecule has 3 rings (SSSR count). The minimum Gasteiger partial charge on any atom is -0.388 e. The molecule has 2 aromatic carbocycles. The molecule has 0 aromatic heterocycles. The number of urea groups is 1. The van der Waals surface area contributed by atoms with Gasteiger partial charge in [-0.15, -0.1) is 0 Å². The van der Waals surface area contributed by atoms with Crippen LogP contribution in [0.1, 0.15) is 51.7 Å². The Morgan fingerprint density at radius 2 is 1.03 bits per heavy atom. The third kappa shape index (κ3) is 5.90. The number of amides is 2. The molecule has 2 amide bonds. The van der Waals surface area contributed by atoms with Gasteiger partial charge in [0.15, 0.2) is 0 Å². The number of aliphatic hydroxyl groups is 2. The molecule has 4 atom stereocenters. The number of benzene rings is 2. The van der Waals surface area contributed by atoms with Crippen molar-refractivity contribution in [2.75, 3.05) is 0 Å². The van der Waals surface area contributed by atoms with Crippen molar-refractivity contribution in [3.63, 3.8) is 0 Å². The molecule has 0 spiro atoms. The predicted molar refractivity (Wildman–Crippen MR) is 128 cm³/mol. The Morgan fingerprint density at radius 3 is 1.34 bits per heavy atom. The molecule has 1 fully saturated rings. The van der Waals surface area contributed by atoms with Crippen LogP contribution in [0.15, 0.2) is 60.7 Å².